The van der Waals surface area contributed by atoms with Crippen LogP contribution in [0, 0.1) is 5.92 Å². The molecule has 0 saturated carbocycles. The van der Waals surface area contributed by atoms with Crippen molar-refractivity contribution in [3.63, 3.8) is 0 Å². The van der Waals surface area contributed by atoms with Gasteiger partial charge in [0.2, 0.25) is 0 Å². The lowest BCUT2D eigenvalue weighted by molar-refractivity contribution is -0.116. The molecule has 6 heteroatoms. The summed E-state index contributed by atoms with van der Waals surface area (Å²) < 4.78 is 0.986. The van der Waals surface area contributed by atoms with Crippen LogP contribution in [-0.2, 0) is 9.63 Å². The van der Waals surface area contributed by atoms with Crippen LogP contribution >= 0.6 is 34.4 Å². The molecule has 4 nitrogen and oxygen atoms in total. The monoisotopic (exact) mass is 453 g/mol. The Kier molecular flexibility index (Phi) is 10.3. The second-order valence-corrected chi connectivity index (χ2v) is 8.56. The topological polar surface area (TPSA) is 58.9 Å². The van der Waals surface area contributed by atoms with Gasteiger partial charge in [0, 0.05) is 18.1 Å². The van der Waals surface area contributed by atoms with Gasteiger partial charge >= 0.3 is 0 Å². The summed E-state index contributed by atoms with van der Waals surface area (Å²) in [6, 6.07) is 0. The number of allylic oxidation sites excluding steroid dienone is 2. The molecule has 0 aromatic rings. The van der Waals surface area contributed by atoms with Crippen molar-refractivity contribution in [1.82, 2.24) is 0 Å². The fourth-order valence-electron chi connectivity index (χ4n) is 2.88. The number of carbonyl (C=O) groups excluding carboxylic acids is 1. The number of ketones is 1. The molecule has 23 heavy (non-hydrogen) atoms. The average molecular weight is 453 g/mol. The van der Waals surface area contributed by atoms with Gasteiger partial charge in [-0.05, 0) is 42.3 Å². The number of alkyl halides is 1. The van der Waals surface area contributed by atoms with Crippen LogP contribution in [0.4, 0.5) is 0 Å². The first-order chi connectivity index (χ1) is 11.0. The molecule has 0 spiro atoms. The molecule has 1 N–H and O–H groups in total. The van der Waals surface area contributed by atoms with Crippen LogP contribution in [0.15, 0.2) is 16.5 Å². The summed E-state index contributed by atoms with van der Waals surface area (Å²) in [6.45, 7) is 6.66. The summed E-state index contributed by atoms with van der Waals surface area (Å²) in [5.41, 5.74) is 1.02. The Morgan fingerprint density at radius 1 is 1.48 bits per heavy atom. The Bertz CT molecular complexity index is 451. The van der Waals surface area contributed by atoms with Gasteiger partial charge in [-0.1, -0.05) is 41.6 Å². The van der Waals surface area contributed by atoms with E-state index in [1.807, 2.05) is 18.7 Å². The largest absolute Gasteiger partial charge is 0.511 e. The predicted molar refractivity (Wildman–Crippen MR) is 107 cm³/mol. The third-order valence-corrected chi connectivity index (χ3v) is 5.64. The van der Waals surface area contributed by atoms with Crippen molar-refractivity contribution in [3.8, 4) is 0 Å². The van der Waals surface area contributed by atoms with Gasteiger partial charge in [0.25, 0.3) is 0 Å². The van der Waals surface area contributed by atoms with Crippen molar-refractivity contribution in [2.45, 2.75) is 58.1 Å². The number of carbonyl (C=O) groups is 1. The minimum Gasteiger partial charge on any atom is -0.511 e. The maximum Gasteiger partial charge on any atom is 0.168 e. The second-order valence-electron chi connectivity index (χ2n) is 5.77. The van der Waals surface area contributed by atoms with Gasteiger partial charge in [-0.3, -0.25) is 4.79 Å². The van der Waals surface area contributed by atoms with E-state index in [1.54, 1.807) is 0 Å². The molecule has 2 unspecified atom stereocenters. The normalized spacial score (nSPS) is 20.8. The third kappa shape index (κ3) is 7.03. The first kappa shape index (κ1) is 20.8. The lowest BCUT2D eigenvalue weighted by Crippen LogP contribution is -2.26. The van der Waals surface area contributed by atoms with Crippen molar-refractivity contribution in [2.75, 3.05) is 16.8 Å². The molecule has 0 radical (unpaired) electrons. The number of aliphatic hydroxyl groups excluding tert-OH is 1. The van der Waals surface area contributed by atoms with E-state index in [4.69, 9.17) is 4.84 Å². The lowest BCUT2D eigenvalue weighted by atomic mass is 9.82. The van der Waals surface area contributed by atoms with Gasteiger partial charge in [0.05, 0.1) is 11.3 Å². The highest BCUT2D eigenvalue weighted by Crippen LogP contribution is 2.32. The van der Waals surface area contributed by atoms with Crippen LogP contribution in [0.3, 0.4) is 0 Å². The Morgan fingerprint density at radius 2 is 2.22 bits per heavy atom. The van der Waals surface area contributed by atoms with E-state index in [1.165, 1.54) is 0 Å². The number of oxime groups is 1. The van der Waals surface area contributed by atoms with Crippen molar-refractivity contribution in [2.24, 2.45) is 11.1 Å². The zero-order valence-electron chi connectivity index (χ0n) is 14.3. The highest BCUT2D eigenvalue weighted by Gasteiger charge is 2.31. The summed E-state index contributed by atoms with van der Waals surface area (Å²) in [6.07, 6.45) is 3.63. The Hall–Kier alpha value is -0.240. The summed E-state index contributed by atoms with van der Waals surface area (Å²) in [5.74, 6) is 1.53. The maximum absolute atomic E-state index is 12.6. The molecule has 0 amide bonds. The van der Waals surface area contributed by atoms with E-state index in [0.29, 0.717) is 42.4 Å². The van der Waals surface area contributed by atoms with E-state index in [-0.39, 0.29) is 17.5 Å². The first-order valence-corrected chi connectivity index (χ1v) is 10.9. The number of Topliss-reactive ketones (excluding diaryl/α,β-unsaturated/α-hetero) is 1. The Balaban J connectivity index is 2.86. The van der Waals surface area contributed by atoms with Gasteiger partial charge < -0.3 is 9.94 Å². The summed E-state index contributed by atoms with van der Waals surface area (Å²) in [7, 11) is 0. The molecule has 0 aromatic heterocycles. The molecule has 0 saturated heterocycles. The van der Waals surface area contributed by atoms with Gasteiger partial charge in [-0.25, -0.2) is 0 Å². The molecule has 1 aliphatic carbocycles. The Labute approximate surface area is 157 Å². The van der Waals surface area contributed by atoms with Crippen LogP contribution in [-0.4, -0.2) is 38.6 Å². The van der Waals surface area contributed by atoms with E-state index >= 15 is 0 Å². The molecule has 1 aliphatic rings. The summed E-state index contributed by atoms with van der Waals surface area (Å²) >= 11 is 4.21. The standard InChI is InChI=1S/C17H28INO3S/c1-4-22-19-14(7-6-8-18)17-15(20)10-13(11-16(17)21)9-12(3)23-5-2/h12-13,20H,4-11H2,1-3H3/b19-14+. The fraction of sp³-hybridized carbons (Fsp3) is 0.765. The minimum absolute atomic E-state index is 0.0133. The second kappa shape index (κ2) is 11.3. The summed E-state index contributed by atoms with van der Waals surface area (Å²) in [4.78, 5) is 17.7. The van der Waals surface area contributed by atoms with Crippen LogP contribution in [0.2, 0.25) is 0 Å². The highest BCUT2D eigenvalue weighted by atomic mass is 127. The van der Waals surface area contributed by atoms with Crippen molar-refractivity contribution < 1.29 is 14.7 Å². The van der Waals surface area contributed by atoms with Crippen LogP contribution < -0.4 is 0 Å². The molecule has 0 heterocycles. The molecule has 0 aromatic carbocycles. The molecule has 132 valence electrons. The number of hydrogen-bond acceptors (Lipinski definition) is 5. The first-order valence-electron chi connectivity index (χ1n) is 8.35. The van der Waals surface area contributed by atoms with Gasteiger partial charge in [0.15, 0.2) is 5.78 Å². The average Bonchev–Trinajstić information content (AvgIpc) is 2.48. The number of thioether (sulfide) groups is 1. The number of aliphatic hydroxyl groups is 1. The predicted octanol–water partition coefficient (Wildman–Crippen LogP) is 4.92. The maximum atomic E-state index is 12.6. The van der Waals surface area contributed by atoms with Crippen molar-refractivity contribution >= 4 is 45.8 Å². The highest BCUT2D eigenvalue weighted by molar-refractivity contribution is 14.1. The summed E-state index contributed by atoms with van der Waals surface area (Å²) in [5, 5.41) is 15.0. The van der Waals surface area contributed by atoms with E-state index in [0.717, 1.165) is 23.0 Å². The van der Waals surface area contributed by atoms with Gasteiger partial charge in [0.1, 0.15) is 12.4 Å². The molecule has 0 aliphatic heterocycles. The van der Waals surface area contributed by atoms with Crippen LogP contribution in [0.1, 0.15) is 52.9 Å². The lowest BCUT2D eigenvalue weighted by Gasteiger charge is -2.26. The van der Waals surface area contributed by atoms with Crippen LogP contribution in [0.5, 0.6) is 0 Å². The minimum atomic E-state index is 0.0133. The van der Waals surface area contributed by atoms with Gasteiger partial charge in [-0.15, -0.1) is 0 Å². The zero-order valence-corrected chi connectivity index (χ0v) is 17.3. The van der Waals surface area contributed by atoms with Crippen LogP contribution in [0.25, 0.3) is 0 Å². The molecule has 0 bridgehead atoms. The fourth-order valence-corrected chi connectivity index (χ4v) is 4.24. The number of nitrogens with zero attached hydrogens (tertiary/aromatic N) is 1. The van der Waals surface area contributed by atoms with E-state index in [9.17, 15) is 9.90 Å². The number of hydrogen-bond donors (Lipinski definition) is 1. The quantitative estimate of drug-likeness (QED) is 0.221. The Morgan fingerprint density at radius 3 is 2.78 bits per heavy atom. The molecule has 1 rings (SSSR count). The SMILES string of the molecule is CCO/N=C(\CCCI)C1=C(O)CC(CC(C)SCC)CC1=O. The van der Waals surface area contributed by atoms with Gasteiger partial charge in [-0.2, -0.15) is 11.8 Å². The van der Waals surface area contributed by atoms with E-state index < -0.39 is 0 Å². The zero-order chi connectivity index (χ0) is 17.2. The molecule has 2 atom stereocenters. The number of rotatable bonds is 10. The number of halogens is 1. The van der Waals surface area contributed by atoms with E-state index in [2.05, 4.69) is 41.6 Å². The van der Waals surface area contributed by atoms with Crippen molar-refractivity contribution in [1.29, 1.82) is 0 Å². The smallest absolute Gasteiger partial charge is 0.168 e. The van der Waals surface area contributed by atoms with Crippen molar-refractivity contribution in [3.05, 3.63) is 11.3 Å². The molecule has 0 fully saturated rings. The molecular formula is C17H28INO3S. The molecular weight excluding hydrogens is 425 g/mol. The third-order valence-electron chi connectivity index (χ3n) is 3.78.